The standard InChI is InChI=1S/C14H18O4S4/c1-7-11(13(15)17-3)9(5-19-7)21-22-10-6-20-8(2)12(10)14(16)18-4/h7-8H,5-6H2,1-4H3. The smallest absolute Gasteiger partial charge is 0.335 e. The van der Waals surface area contributed by atoms with E-state index in [0.717, 1.165) is 32.5 Å². The SMILES string of the molecule is COC(=O)C1=C(SSC2=C(C(=O)OC)C(C)SC2)CSC1C. The second kappa shape index (κ2) is 8.08. The first-order valence-corrected chi connectivity index (χ1v) is 10.9. The van der Waals surface area contributed by atoms with Crippen molar-refractivity contribution in [2.24, 2.45) is 0 Å². The summed E-state index contributed by atoms with van der Waals surface area (Å²) in [5, 5.41) is 0.308. The van der Waals surface area contributed by atoms with Crippen LogP contribution in [0.1, 0.15) is 13.8 Å². The van der Waals surface area contributed by atoms with Crippen LogP contribution < -0.4 is 0 Å². The first kappa shape index (κ1) is 18.2. The van der Waals surface area contributed by atoms with Crippen LogP contribution in [0.5, 0.6) is 0 Å². The first-order valence-electron chi connectivity index (χ1n) is 6.70. The number of hydrogen-bond donors (Lipinski definition) is 0. The molecule has 0 spiro atoms. The Morgan fingerprint density at radius 1 is 0.909 bits per heavy atom. The molecule has 0 fully saturated rings. The summed E-state index contributed by atoms with van der Waals surface area (Å²) < 4.78 is 9.75. The molecule has 0 aromatic carbocycles. The molecule has 0 amide bonds. The molecule has 2 unspecified atom stereocenters. The van der Waals surface area contributed by atoms with Crippen molar-refractivity contribution < 1.29 is 19.1 Å². The van der Waals surface area contributed by atoms with Gasteiger partial charge in [0.25, 0.3) is 0 Å². The van der Waals surface area contributed by atoms with Gasteiger partial charge in [0.2, 0.25) is 0 Å². The van der Waals surface area contributed by atoms with Crippen molar-refractivity contribution in [3.63, 3.8) is 0 Å². The third kappa shape index (κ3) is 3.83. The molecule has 2 aliphatic heterocycles. The van der Waals surface area contributed by atoms with Crippen molar-refractivity contribution in [1.29, 1.82) is 0 Å². The van der Waals surface area contributed by atoms with Gasteiger partial charge in [-0.3, -0.25) is 0 Å². The Balaban J connectivity index is 2.14. The lowest BCUT2D eigenvalue weighted by molar-refractivity contribution is -0.137. The van der Waals surface area contributed by atoms with Crippen LogP contribution in [0, 0.1) is 0 Å². The van der Waals surface area contributed by atoms with Gasteiger partial charge >= 0.3 is 11.9 Å². The molecular formula is C14H18O4S4. The van der Waals surface area contributed by atoms with Crippen molar-refractivity contribution >= 4 is 57.1 Å². The zero-order chi connectivity index (χ0) is 16.3. The van der Waals surface area contributed by atoms with Crippen LogP contribution in [0.15, 0.2) is 21.0 Å². The highest BCUT2D eigenvalue weighted by molar-refractivity contribution is 8.79. The molecule has 8 heteroatoms. The average molecular weight is 379 g/mol. The maximum absolute atomic E-state index is 11.9. The van der Waals surface area contributed by atoms with Crippen LogP contribution in [0.25, 0.3) is 0 Å². The molecule has 122 valence electrons. The van der Waals surface area contributed by atoms with Crippen LogP contribution in [-0.4, -0.2) is 48.2 Å². The molecule has 22 heavy (non-hydrogen) atoms. The van der Waals surface area contributed by atoms with E-state index in [4.69, 9.17) is 9.47 Å². The van der Waals surface area contributed by atoms with Crippen LogP contribution in [0.3, 0.4) is 0 Å². The summed E-state index contributed by atoms with van der Waals surface area (Å²) in [7, 11) is 5.95. The average Bonchev–Trinajstić information content (AvgIpc) is 3.06. The molecule has 2 rings (SSSR count). The number of carbonyl (C=O) groups is 2. The monoisotopic (exact) mass is 378 g/mol. The summed E-state index contributed by atoms with van der Waals surface area (Å²) >= 11 is 3.46. The minimum absolute atomic E-state index is 0.154. The molecule has 2 aliphatic rings. The van der Waals surface area contributed by atoms with Gasteiger partial charge in [-0.25, -0.2) is 9.59 Å². The summed E-state index contributed by atoms with van der Waals surface area (Å²) in [6.45, 7) is 4.03. The van der Waals surface area contributed by atoms with Gasteiger partial charge in [-0.1, -0.05) is 21.6 Å². The van der Waals surface area contributed by atoms with Gasteiger partial charge in [0, 0.05) is 31.8 Å². The number of hydrogen-bond acceptors (Lipinski definition) is 8. The van der Waals surface area contributed by atoms with Crippen molar-refractivity contribution in [2.75, 3.05) is 25.7 Å². The molecular weight excluding hydrogens is 360 g/mol. The van der Waals surface area contributed by atoms with Crippen LogP contribution in [-0.2, 0) is 19.1 Å². The fraction of sp³-hybridized carbons (Fsp3) is 0.571. The molecule has 0 aliphatic carbocycles. The fourth-order valence-corrected chi connectivity index (χ4v) is 7.97. The van der Waals surface area contributed by atoms with Gasteiger partial charge in [-0.15, -0.1) is 23.5 Å². The molecule has 0 bridgehead atoms. The van der Waals surface area contributed by atoms with Crippen LogP contribution in [0.4, 0.5) is 0 Å². The van der Waals surface area contributed by atoms with E-state index in [2.05, 4.69) is 0 Å². The molecule has 4 nitrogen and oxygen atoms in total. The van der Waals surface area contributed by atoms with Gasteiger partial charge in [-0.05, 0) is 13.8 Å². The van der Waals surface area contributed by atoms with E-state index < -0.39 is 0 Å². The van der Waals surface area contributed by atoms with Crippen molar-refractivity contribution in [3.8, 4) is 0 Å². The predicted octanol–water partition coefficient (Wildman–Crippen LogP) is 3.49. The lowest BCUT2D eigenvalue weighted by Crippen LogP contribution is -2.12. The zero-order valence-electron chi connectivity index (χ0n) is 12.8. The summed E-state index contributed by atoms with van der Waals surface area (Å²) in [5.41, 5.74) is 1.51. The minimum atomic E-state index is -0.253. The van der Waals surface area contributed by atoms with E-state index in [0.29, 0.717) is 0 Å². The summed E-state index contributed by atoms with van der Waals surface area (Å²) in [6, 6.07) is 0. The van der Waals surface area contributed by atoms with Crippen molar-refractivity contribution in [3.05, 3.63) is 21.0 Å². The largest absolute Gasteiger partial charge is 0.466 e. The van der Waals surface area contributed by atoms with E-state index >= 15 is 0 Å². The lowest BCUT2D eigenvalue weighted by atomic mass is 10.2. The molecule has 0 aromatic heterocycles. The molecule has 0 saturated carbocycles. The first-order chi connectivity index (χ1) is 10.5. The number of esters is 2. The normalized spacial score (nSPS) is 24.9. The van der Waals surface area contributed by atoms with Crippen molar-refractivity contribution in [1.82, 2.24) is 0 Å². The van der Waals surface area contributed by atoms with E-state index in [9.17, 15) is 9.59 Å². The quantitative estimate of drug-likeness (QED) is 0.532. The van der Waals surface area contributed by atoms with Crippen LogP contribution >= 0.6 is 45.1 Å². The van der Waals surface area contributed by atoms with Gasteiger partial charge in [-0.2, -0.15) is 0 Å². The topological polar surface area (TPSA) is 52.6 Å². The van der Waals surface area contributed by atoms with Gasteiger partial charge < -0.3 is 9.47 Å². The summed E-state index contributed by atoms with van der Waals surface area (Å²) in [6.07, 6.45) is 0. The van der Waals surface area contributed by atoms with Gasteiger partial charge in [0.15, 0.2) is 0 Å². The third-order valence-corrected chi connectivity index (χ3v) is 8.82. The summed E-state index contributed by atoms with van der Waals surface area (Å²) in [4.78, 5) is 25.9. The number of rotatable bonds is 5. The van der Waals surface area contributed by atoms with E-state index in [1.165, 1.54) is 14.2 Å². The van der Waals surface area contributed by atoms with Gasteiger partial charge in [0.05, 0.1) is 25.4 Å². The predicted molar refractivity (Wildman–Crippen MR) is 97.1 cm³/mol. The Morgan fingerprint density at radius 3 is 1.59 bits per heavy atom. The Bertz CT molecular complexity index is 493. The Hall–Kier alpha value is -0.180. The Kier molecular flexibility index (Phi) is 6.67. The second-order valence-corrected chi connectivity index (χ2v) is 9.71. The van der Waals surface area contributed by atoms with E-state index in [-0.39, 0.29) is 22.4 Å². The summed E-state index contributed by atoms with van der Waals surface area (Å²) in [5.74, 6) is 1.12. The highest BCUT2D eigenvalue weighted by Crippen LogP contribution is 2.49. The minimum Gasteiger partial charge on any atom is -0.466 e. The molecule has 0 N–H and O–H groups in total. The third-order valence-electron chi connectivity index (χ3n) is 3.40. The fourth-order valence-electron chi connectivity index (χ4n) is 2.19. The molecule has 2 atom stereocenters. The Labute approximate surface area is 147 Å². The van der Waals surface area contributed by atoms with E-state index in [1.807, 2.05) is 13.8 Å². The maximum atomic E-state index is 11.9. The second-order valence-electron chi connectivity index (χ2n) is 4.73. The number of ether oxygens (including phenoxy) is 2. The maximum Gasteiger partial charge on any atom is 0.335 e. The lowest BCUT2D eigenvalue weighted by Gasteiger charge is -2.09. The number of carbonyl (C=O) groups excluding carboxylic acids is 2. The highest BCUT2D eigenvalue weighted by Gasteiger charge is 2.32. The molecule has 0 saturated heterocycles. The Morgan fingerprint density at radius 2 is 1.27 bits per heavy atom. The highest BCUT2D eigenvalue weighted by atomic mass is 33.1. The number of thioether (sulfide) groups is 2. The van der Waals surface area contributed by atoms with Crippen molar-refractivity contribution in [2.45, 2.75) is 24.3 Å². The molecule has 0 radical (unpaired) electrons. The van der Waals surface area contributed by atoms with Crippen LogP contribution in [0.2, 0.25) is 0 Å². The molecule has 0 aromatic rings. The zero-order valence-corrected chi connectivity index (χ0v) is 16.1. The molecule has 2 heterocycles. The van der Waals surface area contributed by atoms with E-state index in [1.54, 1.807) is 45.1 Å². The number of methoxy groups -OCH3 is 2. The van der Waals surface area contributed by atoms with Gasteiger partial charge in [0.1, 0.15) is 0 Å².